The molecule has 3 aliphatic rings. The topological polar surface area (TPSA) is 33.7 Å². The predicted octanol–water partition coefficient (Wildman–Crippen LogP) is 1.76. The summed E-state index contributed by atoms with van der Waals surface area (Å²) in [7, 11) is 1.67. The van der Waals surface area contributed by atoms with E-state index in [1.165, 1.54) is 32.5 Å². The van der Waals surface area contributed by atoms with Crippen molar-refractivity contribution < 1.29 is 9.47 Å². The summed E-state index contributed by atoms with van der Waals surface area (Å²) in [5.74, 6) is 2.49. The van der Waals surface area contributed by atoms with Crippen molar-refractivity contribution in [3.05, 3.63) is 24.3 Å². The van der Waals surface area contributed by atoms with Gasteiger partial charge >= 0.3 is 0 Å². The maximum atomic E-state index is 5.80. The SMILES string of the molecule is COc1ccccc1OCCNC1CN2CCC1CC2. The van der Waals surface area contributed by atoms with Crippen molar-refractivity contribution in [1.29, 1.82) is 0 Å². The molecule has 1 N–H and O–H groups in total. The number of fused-ring (bicyclic) bond motifs is 3. The van der Waals surface area contributed by atoms with Crippen molar-refractivity contribution in [1.82, 2.24) is 10.2 Å². The van der Waals surface area contributed by atoms with Gasteiger partial charge in [0.05, 0.1) is 7.11 Å². The molecule has 1 atom stereocenters. The molecular weight excluding hydrogens is 252 g/mol. The number of benzene rings is 1. The van der Waals surface area contributed by atoms with Gasteiger partial charge in [-0.1, -0.05) is 12.1 Å². The van der Waals surface area contributed by atoms with Gasteiger partial charge in [0.25, 0.3) is 0 Å². The van der Waals surface area contributed by atoms with Gasteiger partial charge in [-0.2, -0.15) is 0 Å². The Kier molecular flexibility index (Phi) is 4.43. The van der Waals surface area contributed by atoms with E-state index in [0.717, 1.165) is 24.0 Å². The van der Waals surface area contributed by atoms with Crippen molar-refractivity contribution in [2.45, 2.75) is 18.9 Å². The molecule has 2 bridgehead atoms. The van der Waals surface area contributed by atoms with Gasteiger partial charge in [0.1, 0.15) is 6.61 Å². The first kappa shape index (κ1) is 13.7. The van der Waals surface area contributed by atoms with Crippen LogP contribution < -0.4 is 14.8 Å². The molecule has 0 aromatic heterocycles. The van der Waals surface area contributed by atoms with Crippen LogP contribution in [0.2, 0.25) is 0 Å². The van der Waals surface area contributed by atoms with Crippen LogP contribution in [0.1, 0.15) is 12.8 Å². The Balaban J connectivity index is 1.42. The molecule has 4 heteroatoms. The minimum Gasteiger partial charge on any atom is -0.493 e. The summed E-state index contributed by atoms with van der Waals surface area (Å²) in [5, 5.41) is 3.65. The minimum absolute atomic E-state index is 0.652. The molecule has 3 saturated heterocycles. The third-order valence-electron chi connectivity index (χ3n) is 4.49. The van der Waals surface area contributed by atoms with E-state index in [1.807, 2.05) is 24.3 Å². The largest absolute Gasteiger partial charge is 0.493 e. The van der Waals surface area contributed by atoms with Crippen LogP contribution in [0.5, 0.6) is 11.5 Å². The fourth-order valence-corrected chi connectivity index (χ4v) is 3.34. The molecular formula is C16H24N2O2. The fourth-order valence-electron chi connectivity index (χ4n) is 3.34. The van der Waals surface area contributed by atoms with E-state index in [0.29, 0.717) is 12.6 Å². The lowest BCUT2D eigenvalue weighted by Gasteiger charge is -2.45. The van der Waals surface area contributed by atoms with Crippen LogP contribution in [0.15, 0.2) is 24.3 Å². The molecule has 3 heterocycles. The van der Waals surface area contributed by atoms with Gasteiger partial charge in [-0.3, -0.25) is 0 Å². The molecule has 4 rings (SSSR count). The molecule has 1 aromatic rings. The van der Waals surface area contributed by atoms with Gasteiger partial charge in [-0.05, 0) is 44.0 Å². The molecule has 0 saturated carbocycles. The highest BCUT2D eigenvalue weighted by Gasteiger charge is 2.33. The standard InChI is InChI=1S/C16H24N2O2/c1-19-15-4-2-3-5-16(15)20-11-8-17-14-12-18-9-6-13(14)7-10-18/h2-5,13-14,17H,6-12H2,1H3. The smallest absolute Gasteiger partial charge is 0.161 e. The summed E-state index contributed by atoms with van der Waals surface area (Å²) in [6, 6.07) is 8.46. The molecule has 1 unspecified atom stereocenters. The molecule has 3 fully saturated rings. The van der Waals surface area contributed by atoms with Gasteiger partial charge in [0, 0.05) is 19.1 Å². The summed E-state index contributed by atoms with van der Waals surface area (Å²) in [5.41, 5.74) is 0. The molecule has 0 spiro atoms. The predicted molar refractivity (Wildman–Crippen MR) is 79.4 cm³/mol. The zero-order valence-electron chi connectivity index (χ0n) is 12.2. The van der Waals surface area contributed by atoms with Crippen LogP contribution in [0, 0.1) is 5.92 Å². The maximum absolute atomic E-state index is 5.80. The van der Waals surface area contributed by atoms with E-state index in [2.05, 4.69) is 10.2 Å². The number of nitrogens with one attached hydrogen (secondary N) is 1. The van der Waals surface area contributed by atoms with Crippen molar-refractivity contribution in [2.75, 3.05) is 39.9 Å². The molecule has 0 aliphatic carbocycles. The average molecular weight is 276 g/mol. The van der Waals surface area contributed by atoms with Crippen LogP contribution in [-0.4, -0.2) is 50.8 Å². The van der Waals surface area contributed by atoms with E-state index >= 15 is 0 Å². The lowest BCUT2D eigenvalue weighted by atomic mass is 9.84. The van der Waals surface area contributed by atoms with Crippen molar-refractivity contribution >= 4 is 0 Å². The Bertz CT molecular complexity index is 430. The Labute approximate surface area is 121 Å². The summed E-state index contributed by atoms with van der Waals surface area (Å²) in [6.07, 6.45) is 2.70. The zero-order valence-corrected chi connectivity index (χ0v) is 12.2. The molecule has 0 amide bonds. The van der Waals surface area contributed by atoms with Crippen molar-refractivity contribution in [3.63, 3.8) is 0 Å². The third-order valence-corrected chi connectivity index (χ3v) is 4.49. The quantitative estimate of drug-likeness (QED) is 0.803. The highest BCUT2D eigenvalue weighted by molar-refractivity contribution is 5.39. The van der Waals surface area contributed by atoms with E-state index in [4.69, 9.17) is 9.47 Å². The Hall–Kier alpha value is -1.26. The number of hydrogen-bond acceptors (Lipinski definition) is 4. The highest BCUT2D eigenvalue weighted by Crippen LogP contribution is 2.27. The molecule has 0 radical (unpaired) electrons. The van der Waals surface area contributed by atoms with Crippen molar-refractivity contribution in [3.8, 4) is 11.5 Å². The average Bonchev–Trinajstić information content (AvgIpc) is 2.53. The maximum Gasteiger partial charge on any atom is 0.161 e. The van der Waals surface area contributed by atoms with Gasteiger partial charge < -0.3 is 19.7 Å². The lowest BCUT2D eigenvalue weighted by Crippen LogP contribution is -2.56. The number of nitrogens with zero attached hydrogens (tertiary/aromatic N) is 1. The summed E-state index contributed by atoms with van der Waals surface area (Å²) in [6.45, 7) is 5.37. The van der Waals surface area contributed by atoms with E-state index < -0.39 is 0 Å². The summed E-state index contributed by atoms with van der Waals surface area (Å²) in [4.78, 5) is 2.57. The van der Waals surface area contributed by atoms with Gasteiger partial charge in [0.15, 0.2) is 11.5 Å². The lowest BCUT2D eigenvalue weighted by molar-refractivity contribution is 0.0710. The monoisotopic (exact) mass is 276 g/mol. The first-order valence-corrected chi connectivity index (χ1v) is 7.58. The first-order valence-electron chi connectivity index (χ1n) is 7.58. The van der Waals surface area contributed by atoms with Crippen LogP contribution >= 0.6 is 0 Å². The van der Waals surface area contributed by atoms with E-state index in [-0.39, 0.29) is 0 Å². The highest BCUT2D eigenvalue weighted by atomic mass is 16.5. The zero-order chi connectivity index (χ0) is 13.8. The second-order valence-electron chi connectivity index (χ2n) is 5.70. The van der Waals surface area contributed by atoms with Crippen molar-refractivity contribution in [2.24, 2.45) is 5.92 Å². The normalized spacial score (nSPS) is 28.4. The number of hydrogen-bond donors (Lipinski definition) is 1. The van der Waals surface area contributed by atoms with Gasteiger partial charge in [-0.25, -0.2) is 0 Å². The van der Waals surface area contributed by atoms with Crippen LogP contribution in [-0.2, 0) is 0 Å². The van der Waals surface area contributed by atoms with Crippen LogP contribution in [0.25, 0.3) is 0 Å². The molecule has 3 aliphatic heterocycles. The first-order chi connectivity index (χ1) is 9.86. The number of ether oxygens (including phenoxy) is 2. The Morgan fingerprint density at radius 1 is 1.20 bits per heavy atom. The van der Waals surface area contributed by atoms with Crippen LogP contribution in [0.4, 0.5) is 0 Å². The molecule has 20 heavy (non-hydrogen) atoms. The molecule has 4 nitrogen and oxygen atoms in total. The van der Waals surface area contributed by atoms with Crippen LogP contribution in [0.3, 0.4) is 0 Å². The summed E-state index contributed by atoms with van der Waals surface area (Å²) >= 11 is 0. The second-order valence-corrected chi connectivity index (χ2v) is 5.70. The molecule has 110 valence electrons. The van der Waals surface area contributed by atoms with E-state index in [9.17, 15) is 0 Å². The van der Waals surface area contributed by atoms with Gasteiger partial charge in [0.2, 0.25) is 0 Å². The number of piperidine rings is 3. The summed E-state index contributed by atoms with van der Waals surface area (Å²) < 4.78 is 11.1. The number of methoxy groups -OCH3 is 1. The minimum atomic E-state index is 0.652. The number of para-hydroxylation sites is 2. The van der Waals surface area contributed by atoms with Gasteiger partial charge in [-0.15, -0.1) is 0 Å². The third kappa shape index (κ3) is 3.07. The molecule has 1 aromatic carbocycles. The fraction of sp³-hybridized carbons (Fsp3) is 0.625. The Morgan fingerprint density at radius 2 is 1.95 bits per heavy atom. The second kappa shape index (κ2) is 6.46. The van der Waals surface area contributed by atoms with E-state index in [1.54, 1.807) is 7.11 Å². The number of rotatable bonds is 6. The Morgan fingerprint density at radius 3 is 2.60 bits per heavy atom.